The van der Waals surface area contributed by atoms with Crippen molar-refractivity contribution in [2.75, 3.05) is 6.54 Å². The zero-order chi connectivity index (χ0) is 12.8. The van der Waals surface area contributed by atoms with E-state index in [1.165, 1.54) is 11.3 Å². The van der Waals surface area contributed by atoms with Crippen molar-refractivity contribution in [2.24, 2.45) is 5.73 Å². The van der Waals surface area contributed by atoms with E-state index < -0.39 is 11.8 Å². The van der Waals surface area contributed by atoms with Crippen LogP contribution in [0, 0.1) is 6.92 Å². The van der Waals surface area contributed by atoms with E-state index in [1.807, 2.05) is 6.92 Å². The highest BCUT2D eigenvalue weighted by molar-refractivity contribution is 7.80. The molecular formula is C9H12N4O2S2. The molecule has 0 atom stereocenters. The molecule has 2 amide bonds. The first kappa shape index (κ1) is 13.5. The van der Waals surface area contributed by atoms with Crippen LogP contribution in [0.25, 0.3) is 0 Å². The fourth-order valence-corrected chi connectivity index (χ4v) is 1.77. The SMILES string of the molecule is Cc1ncsc1CNC(=O)C(=O)NCC(N)=S. The van der Waals surface area contributed by atoms with Gasteiger partial charge < -0.3 is 16.4 Å². The second kappa shape index (κ2) is 6.26. The molecule has 8 heteroatoms. The number of hydrogen-bond donors (Lipinski definition) is 3. The first-order chi connectivity index (χ1) is 8.00. The van der Waals surface area contributed by atoms with Crippen LogP contribution in [0.3, 0.4) is 0 Å². The predicted molar refractivity (Wildman–Crippen MR) is 68.5 cm³/mol. The lowest BCUT2D eigenvalue weighted by molar-refractivity contribution is -0.139. The van der Waals surface area contributed by atoms with Gasteiger partial charge in [-0.25, -0.2) is 4.98 Å². The van der Waals surface area contributed by atoms with Crippen LogP contribution >= 0.6 is 23.6 Å². The highest BCUT2D eigenvalue weighted by Gasteiger charge is 2.13. The van der Waals surface area contributed by atoms with Crippen molar-refractivity contribution in [3.8, 4) is 0 Å². The van der Waals surface area contributed by atoms with Gasteiger partial charge in [0.15, 0.2) is 0 Å². The molecule has 0 saturated heterocycles. The molecule has 0 unspecified atom stereocenters. The number of nitrogens with two attached hydrogens (primary N) is 1. The fourth-order valence-electron chi connectivity index (χ4n) is 0.984. The number of carbonyl (C=O) groups excluding carboxylic acids is 2. The minimum absolute atomic E-state index is 0.0151. The Kier molecular flexibility index (Phi) is 4.98. The molecular weight excluding hydrogens is 260 g/mol. The van der Waals surface area contributed by atoms with Gasteiger partial charge in [0.05, 0.1) is 29.3 Å². The van der Waals surface area contributed by atoms with E-state index >= 15 is 0 Å². The number of thiocarbonyl (C=S) groups is 1. The van der Waals surface area contributed by atoms with Crippen LogP contribution in [-0.4, -0.2) is 28.3 Å². The Balaban J connectivity index is 2.37. The van der Waals surface area contributed by atoms with Crippen molar-refractivity contribution >= 4 is 40.4 Å². The Morgan fingerprint density at radius 1 is 1.47 bits per heavy atom. The molecule has 1 aromatic heterocycles. The van der Waals surface area contributed by atoms with Crippen LogP contribution in [-0.2, 0) is 16.1 Å². The molecule has 1 aromatic rings. The van der Waals surface area contributed by atoms with E-state index in [-0.39, 0.29) is 18.1 Å². The van der Waals surface area contributed by atoms with Gasteiger partial charge in [-0.1, -0.05) is 12.2 Å². The largest absolute Gasteiger partial charge is 0.392 e. The molecule has 0 aromatic carbocycles. The molecule has 92 valence electrons. The Labute approximate surface area is 108 Å². The molecule has 4 N–H and O–H groups in total. The number of carbonyl (C=O) groups is 2. The summed E-state index contributed by atoms with van der Waals surface area (Å²) in [5.74, 6) is -1.46. The van der Waals surface area contributed by atoms with Crippen LogP contribution in [0.15, 0.2) is 5.51 Å². The molecule has 0 spiro atoms. The molecule has 0 saturated carbocycles. The molecule has 0 aliphatic rings. The minimum Gasteiger partial charge on any atom is -0.392 e. The normalized spacial score (nSPS) is 9.71. The van der Waals surface area contributed by atoms with Crippen LogP contribution in [0.5, 0.6) is 0 Å². The first-order valence-electron chi connectivity index (χ1n) is 4.74. The predicted octanol–water partition coefficient (Wildman–Crippen LogP) is -0.530. The lowest BCUT2D eigenvalue weighted by Crippen LogP contribution is -2.42. The summed E-state index contributed by atoms with van der Waals surface area (Å²) in [5.41, 5.74) is 7.72. The quantitative estimate of drug-likeness (QED) is 0.506. The zero-order valence-electron chi connectivity index (χ0n) is 9.15. The molecule has 0 aliphatic heterocycles. The number of rotatable bonds is 4. The molecule has 0 radical (unpaired) electrons. The second-order valence-corrected chi connectivity index (χ2v) is 4.66. The van der Waals surface area contributed by atoms with Crippen LogP contribution in [0.4, 0.5) is 0 Å². The van der Waals surface area contributed by atoms with Gasteiger partial charge in [0.25, 0.3) is 0 Å². The monoisotopic (exact) mass is 272 g/mol. The third kappa shape index (κ3) is 4.45. The van der Waals surface area contributed by atoms with Crippen molar-refractivity contribution in [2.45, 2.75) is 13.5 Å². The second-order valence-electron chi connectivity index (χ2n) is 3.19. The van der Waals surface area contributed by atoms with E-state index in [0.717, 1.165) is 10.6 Å². The fraction of sp³-hybridized carbons (Fsp3) is 0.333. The van der Waals surface area contributed by atoms with E-state index in [4.69, 9.17) is 5.73 Å². The average Bonchev–Trinajstić information content (AvgIpc) is 2.68. The molecule has 6 nitrogen and oxygen atoms in total. The van der Waals surface area contributed by atoms with Gasteiger partial charge in [0.1, 0.15) is 0 Å². The van der Waals surface area contributed by atoms with Gasteiger partial charge in [-0.15, -0.1) is 11.3 Å². The molecule has 1 heterocycles. The molecule has 0 bridgehead atoms. The number of hydrogen-bond acceptors (Lipinski definition) is 5. The summed E-state index contributed by atoms with van der Waals surface area (Å²) in [7, 11) is 0. The van der Waals surface area contributed by atoms with Crippen LogP contribution in [0.2, 0.25) is 0 Å². The van der Waals surface area contributed by atoms with Crippen molar-refractivity contribution in [3.05, 3.63) is 16.1 Å². The molecule has 17 heavy (non-hydrogen) atoms. The van der Waals surface area contributed by atoms with Gasteiger partial charge in [-0.3, -0.25) is 9.59 Å². The van der Waals surface area contributed by atoms with Gasteiger partial charge in [-0.05, 0) is 6.92 Å². The van der Waals surface area contributed by atoms with E-state index in [1.54, 1.807) is 5.51 Å². The zero-order valence-corrected chi connectivity index (χ0v) is 10.8. The number of aromatic nitrogens is 1. The first-order valence-corrected chi connectivity index (χ1v) is 6.02. The van der Waals surface area contributed by atoms with Gasteiger partial charge in [0, 0.05) is 4.88 Å². The van der Waals surface area contributed by atoms with Gasteiger partial charge in [0.2, 0.25) is 0 Å². The Morgan fingerprint density at radius 2 is 2.12 bits per heavy atom. The van der Waals surface area contributed by atoms with Crippen molar-refractivity contribution in [1.82, 2.24) is 15.6 Å². The van der Waals surface area contributed by atoms with Crippen molar-refractivity contribution < 1.29 is 9.59 Å². The summed E-state index contributed by atoms with van der Waals surface area (Å²) in [6.45, 7) is 2.14. The highest BCUT2D eigenvalue weighted by atomic mass is 32.1. The number of nitrogens with zero attached hydrogens (tertiary/aromatic N) is 1. The minimum atomic E-state index is -0.750. The molecule has 0 fully saturated rings. The summed E-state index contributed by atoms with van der Waals surface area (Å²) in [6, 6.07) is 0. The maximum atomic E-state index is 11.3. The standard InChI is InChI=1S/C9H12N4O2S2/c1-5-6(17-4-13-5)2-11-8(14)9(15)12-3-7(10)16/h4H,2-3H2,1H3,(H2,10,16)(H,11,14)(H,12,15). The number of amides is 2. The Bertz CT molecular complexity index is 444. The van der Waals surface area contributed by atoms with Gasteiger partial charge in [-0.2, -0.15) is 0 Å². The summed E-state index contributed by atoms with van der Waals surface area (Å²) in [6.07, 6.45) is 0. The summed E-state index contributed by atoms with van der Waals surface area (Å²) < 4.78 is 0. The van der Waals surface area contributed by atoms with E-state index in [0.29, 0.717) is 0 Å². The lowest BCUT2D eigenvalue weighted by atomic mass is 10.4. The number of nitrogens with one attached hydrogen (secondary N) is 2. The van der Waals surface area contributed by atoms with Crippen LogP contribution < -0.4 is 16.4 Å². The summed E-state index contributed by atoms with van der Waals surface area (Å²) >= 11 is 6.00. The van der Waals surface area contributed by atoms with Crippen LogP contribution in [0.1, 0.15) is 10.6 Å². The van der Waals surface area contributed by atoms with Crippen molar-refractivity contribution in [1.29, 1.82) is 0 Å². The Morgan fingerprint density at radius 3 is 2.65 bits per heavy atom. The summed E-state index contributed by atoms with van der Waals surface area (Å²) in [5, 5.41) is 4.78. The maximum absolute atomic E-state index is 11.3. The number of aryl methyl sites for hydroxylation is 1. The van der Waals surface area contributed by atoms with Crippen molar-refractivity contribution in [3.63, 3.8) is 0 Å². The summed E-state index contributed by atoms with van der Waals surface area (Å²) in [4.78, 5) is 27.7. The maximum Gasteiger partial charge on any atom is 0.309 e. The lowest BCUT2D eigenvalue weighted by Gasteiger charge is -2.04. The number of thiazole rings is 1. The van der Waals surface area contributed by atoms with E-state index in [2.05, 4.69) is 27.8 Å². The average molecular weight is 272 g/mol. The smallest absolute Gasteiger partial charge is 0.309 e. The molecule has 0 aliphatic carbocycles. The third-order valence-electron chi connectivity index (χ3n) is 1.88. The van der Waals surface area contributed by atoms with E-state index in [9.17, 15) is 9.59 Å². The van der Waals surface area contributed by atoms with Gasteiger partial charge >= 0.3 is 11.8 Å². The topological polar surface area (TPSA) is 97.1 Å². The highest BCUT2D eigenvalue weighted by Crippen LogP contribution is 2.10. The Hall–Kier alpha value is -1.54. The third-order valence-corrected chi connectivity index (χ3v) is 2.96. The molecule has 1 rings (SSSR count).